The van der Waals surface area contributed by atoms with Gasteiger partial charge in [0.15, 0.2) is 5.82 Å². The lowest BCUT2D eigenvalue weighted by Crippen LogP contribution is -2.23. The first-order chi connectivity index (χ1) is 9.01. The van der Waals surface area contributed by atoms with Crippen molar-refractivity contribution in [2.45, 2.75) is 18.4 Å². The molecule has 0 unspecified atom stereocenters. The number of nitrogens with one attached hydrogen (secondary N) is 2. The molecule has 7 nitrogen and oxygen atoms in total. The highest BCUT2D eigenvalue weighted by Gasteiger charge is 2.15. The second kappa shape index (κ2) is 5.37. The van der Waals surface area contributed by atoms with Gasteiger partial charge in [-0.05, 0) is 31.2 Å². The van der Waals surface area contributed by atoms with Crippen LogP contribution in [-0.2, 0) is 16.6 Å². The monoisotopic (exact) mass is 282 g/mol. The first-order valence-corrected chi connectivity index (χ1v) is 7.06. The zero-order valence-corrected chi connectivity index (χ0v) is 11.4. The van der Waals surface area contributed by atoms with E-state index in [0.29, 0.717) is 5.82 Å². The fourth-order valence-electron chi connectivity index (χ4n) is 1.45. The quantitative estimate of drug-likeness (QED) is 0.845. The fourth-order valence-corrected chi connectivity index (χ4v) is 2.43. The van der Waals surface area contributed by atoms with Crippen LogP contribution in [0, 0.1) is 6.92 Å². The molecular formula is C11H14N4O3S. The Labute approximate surface area is 111 Å². The van der Waals surface area contributed by atoms with Crippen LogP contribution in [0.2, 0.25) is 0 Å². The van der Waals surface area contributed by atoms with Gasteiger partial charge in [0.25, 0.3) is 0 Å². The molecule has 0 aliphatic heterocycles. The largest absolute Gasteiger partial charge is 0.388 e. The summed E-state index contributed by atoms with van der Waals surface area (Å²) >= 11 is 0. The lowest BCUT2D eigenvalue weighted by molar-refractivity contribution is 0.372. The molecule has 0 aliphatic carbocycles. The van der Waals surface area contributed by atoms with Crippen LogP contribution >= 0.6 is 0 Å². The van der Waals surface area contributed by atoms with Crippen LogP contribution in [-0.4, -0.2) is 25.6 Å². The molecular weight excluding hydrogens is 268 g/mol. The predicted molar refractivity (Wildman–Crippen MR) is 69.0 cm³/mol. The number of nitrogens with zero attached hydrogens (tertiary/aromatic N) is 2. The molecule has 8 heteroatoms. The van der Waals surface area contributed by atoms with E-state index in [1.165, 1.54) is 12.1 Å². The van der Waals surface area contributed by atoms with Crippen molar-refractivity contribution in [3.8, 4) is 0 Å². The molecule has 0 fully saturated rings. The van der Waals surface area contributed by atoms with Crippen molar-refractivity contribution in [3.05, 3.63) is 36.0 Å². The van der Waals surface area contributed by atoms with Crippen molar-refractivity contribution in [2.75, 3.05) is 12.4 Å². The first-order valence-electron chi connectivity index (χ1n) is 5.58. The van der Waals surface area contributed by atoms with Crippen LogP contribution < -0.4 is 10.0 Å². The van der Waals surface area contributed by atoms with E-state index in [-0.39, 0.29) is 17.3 Å². The summed E-state index contributed by atoms with van der Waals surface area (Å²) in [5.41, 5.74) is 0.839. The van der Waals surface area contributed by atoms with E-state index in [4.69, 9.17) is 4.52 Å². The highest BCUT2D eigenvalue weighted by atomic mass is 32.2. The molecule has 19 heavy (non-hydrogen) atoms. The molecule has 1 aromatic carbocycles. The lowest BCUT2D eigenvalue weighted by atomic mass is 10.3. The van der Waals surface area contributed by atoms with Gasteiger partial charge in [0.1, 0.15) is 0 Å². The Kier molecular flexibility index (Phi) is 3.82. The van der Waals surface area contributed by atoms with Crippen molar-refractivity contribution < 1.29 is 12.9 Å². The molecule has 2 rings (SSSR count). The van der Waals surface area contributed by atoms with Crippen molar-refractivity contribution >= 4 is 15.7 Å². The van der Waals surface area contributed by atoms with E-state index in [9.17, 15) is 8.42 Å². The fraction of sp³-hybridized carbons (Fsp3) is 0.273. The van der Waals surface area contributed by atoms with E-state index in [0.717, 1.165) is 5.69 Å². The third kappa shape index (κ3) is 3.30. The summed E-state index contributed by atoms with van der Waals surface area (Å²) in [6, 6.07) is 6.41. The van der Waals surface area contributed by atoms with E-state index in [1.807, 2.05) is 0 Å². The maximum Gasteiger partial charge on any atom is 0.241 e. The van der Waals surface area contributed by atoms with Gasteiger partial charge in [0, 0.05) is 12.7 Å². The number of sulfonamides is 1. The van der Waals surface area contributed by atoms with E-state index in [1.54, 1.807) is 26.1 Å². The molecule has 102 valence electrons. The smallest absolute Gasteiger partial charge is 0.241 e. The van der Waals surface area contributed by atoms with E-state index < -0.39 is 10.0 Å². The predicted octanol–water partition coefficient (Wildman–Crippen LogP) is 0.898. The number of anilines is 1. The molecule has 2 N–H and O–H groups in total. The normalized spacial score (nSPS) is 11.5. The Hall–Kier alpha value is -1.93. The van der Waals surface area contributed by atoms with Crippen LogP contribution in [0.5, 0.6) is 0 Å². The van der Waals surface area contributed by atoms with E-state index >= 15 is 0 Å². The van der Waals surface area contributed by atoms with Gasteiger partial charge in [-0.15, -0.1) is 0 Å². The van der Waals surface area contributed by atoms with Crippen LogP contribution in [0.1, 0.15) is 11.7 Å². The van der Waals surface area contributed by atoms with Crippen molar-refractivity contribution in [3.63, 3.8) is 0 Å². The second-order valence-corrected chi connectivity index (χ2v) is 5.60. The number of aryl methyl sites for hydroxylation is 1. The molecule has 0 aliphatic rings. The third-order valence-electron chi connectivity index (χ3n) is 2.44. The third-order valence-corrected chi connectivity index (χ3v) is 3.85. The Morgan fingerprint density at radius 3 is 2.47 bits per heavy atom. The van der Waals surface area contributed by atoms with Gasteiger partial charge in [-0.3, -0.25) is 0 Å². The average molecular weight is 282 g/mol. The standard InChI is InChI=1S/C11H14N4O3S/c1-8-14-11(18-15-8)7-13-19(16,17)10-5-3-9(12-2)4-6-10/h3-6,12-13H,7H2,1-2H3. The van der Waals surface area contributed by atoms with E-state index in [2.05, 4.69) is 20.2 Å². The molecule has 0 atom stereocenters. The van der Waals surface area contributed by atoms with Crippen molar-refractivity contribution in [1.29, 1.82) is 0 Å². The summed E-state index contributed by atoms with van der Waals surface area (Å²) in [6.45, 7) is 1.63. The molecule has 0 amide bonds. The average Bonchev–Trinajstić information content (AvgIpc) is 2.82. The minimum Gasteiger partial charge on any atom is -0.388 e. The van der Waals surface area contributed by atoms with Crippen LogP contribution in [0.3, 0.4) is 0 Å². The number of hydrogen-bond donors (Lipinski definition) is 2. The molecule has 1 aromatic heterocycles. The Morgan fingerprint density at radius 1 is 1.26 bits per heavy atom. The highest BCUT2D eigenvalue weighted by molar-refractivity contribution is 7.89. The van der Waals surface area contributed by atoms with Gasteiger partial charge in [0.05, 0.1) is 11.4 Å². The van der Waals surface area contributed by atoms with Gasteiger partial charge in [-0.1, -0.05) is 5.16 Å². The highest BCUT2D eigenvalue weighted by Crippen LogP contribution is 2.13. The van der Waals surface area contributed by atoms with Crippen molar-refractivity contribution in [2.24, 2.45) is 0 Å². The lowest BCUT2D eigenvalue weighted by Gasteiger charge is -2.05. The zero-order chi connectivity index (χ0) is 13.9. The Bertz CT molecular complexity index is 649. The zero-order valence-electron chi connectivity index (χ0n) is 10.5. The molecule has 0 saturated heterocycles. The molecule has 0 radical (unpaired) electrons. The number of benzene rings is 1. The van der Waals surface area contributed by atoms with Gasteiger partial charge < -0.3 is 9.84 Å². The Balaban J connectivity index is 2.09. The maximum absolute atomic E-state index is 12.0. The first kappa shape index (κ1) is 13.5. The number of aromatic nitrogens is 2. The summed E-state index contributed by atoms with van der Waals surface area (Å²) in [5.74, 6) is 0.695. The minimum atomic E-state index is -3.58. The summed E-state index contributed by atoms with van der Waals surface area (Å²) in [6.07, 6.45) is 0. The molecule has 0 spiro atoms. The van der Waals surface area contributed by atoms with Gasteiger partial charge in [-0.25, -0.2) is 13.1 Å². The summed E-state index contributed by atoms with van der Waals surface area (Å²) in [4.78, 5) is 4.10. The molecule has 0 bridgehead atoms. The topological polar surface area (TPSA) is 97.1 Å². The summed E-state index contributed by atoms with van der Waals surface area (Å²) in [7, 11) is -1.82. The van der Waals surface area contributed by atoms with Gasteiger partial charge >= 0.3 is 0 Å². The van der Waals surface area contributed by atoms with Gasteiger partial charge in [-0.2, -0.15) is 4.98 Å². The molecule has 2 aromatic rings. The second-order valence-electron chi connectivity index (χ2n) is 3.83. The minimum absolute atomic E-state index is 0.0308. The van der Waals surface area contributed by atoms with Crippen LogP contribution in [0.25, 0.3) is 0 Å². The van der Waals surface area contributed by atoms with Crippen molar-refractivity contribution in [1.82, 2.24) is 14.9 Å². The van der Waals surface area contributed by atoms with Crippen LogP contribution in [0.4, 0.5) is 5.69 Å². The molecule has 1 heterocycles. The maximum atomic E-state index is 12.0. The summed E-state index contributed by atoms with van der Waals surface area (Å²) < 4.78 is 31.2. The van der Waals surface area contributed by atoms with Gasteiger partial charge in [0.2, 0.25) is 15.9 Å². The van der Waals surface area contributed by atoms with Crippen LogP contribution in [0.15, 0.2) is 33.7 Å². The summed E-state index contributed by atoms with van der Waals surface area (Å²) in [5, 5.41) is 6.50. The SMILES string of the molecule is CNc1ccc(S(=O)(=O)NCc2nc(C)no2)cc1. The number of rotatable bonds is 5. The Morgan fingerprint density at radius 2 is 1.95 bits per heavy atom. The molecule has 0 saturated carbocycles. The number of hydrogen-bond acceptors (Lipinski definition) is 6.